The normalized spacial score (nSPS) is 10.4. The molecule has 0 aliphatic rings. The molecule has 94 valence electrons. The van der Waals surface area contributed by atoms with E-state index in [-0.39, 0.29) is 6.61 Å². The van der Waals surface area contributed by atoms with Crippen molar-refractivity contribution < 1.29 is 9.84 Å². The number of aliphatic hydroxyl groups excluding tert-OH is 1. The van der Waals surface area contributed by atoms with Crippen LogP contribution in [-0.4, -0.2) is 10.1 Å². The predicted molar refractivity (Wildman–Crippen MR) is 73.8 cm³/mol. The van der Waals surface area contributed by atoms with Crippen molar-refractivity contribution in [2.45, 2.75) is 20.0 Å². The molecule has 0 aliphatic carbocycles. The molecule has 1 aromatic carbocycles. The predicted octanol–water partition coefficient (Wildman–Crippen LogP) is 3.69. The van der Waals surface area contributed by atoms with Crippen LogP contribution in [0.2, 0.25) is 0 Å². The highest BCUT2D eigenvalue weighted by atomic mass is 79.9. The number of hydrogen-bond donors (Lipinski definition) is 1. The second-order valence-corrected chi connectivity index (χ2v) is 4.79. The van der Waals surface area contributed by atoms with Gasteiger partial charge in [-0.25, -0.2) is 4.98 Å². The lowest BCUT2D eigenvalue weighted by Crippen LogP contribution is -1.96. The van der Waals surface area contributed by atoms with Crippen molar-refractivity contribution >= 4 is 15.9 Å². The van der Waals surface area contributed by atoms with E-state index in [4.69, 9.17) is 4.74 Å². The van der Waals surface area contributed by atoms with E-state index in [0.717, 1.165) is 27.9 Å². The molecule has 3 nitrogen and oxygen atoms in total. The molecule has 1 aromatic heterocycles. The zero-order valence-electron chi connectivity index (χ0n) is 10.1. The van der Waals surface area contributed by atoms with Crippen molar-refractivity contribution in [3.63, 3.8) is 0 Å². The van der Waals surface area contributed by atoms with E-state index >= 15 is 0 Å². The number of nitrogens with zero attached hydrogens (tertiary/aromatic N) is 1. The highest BCUT2D eigenvalue weighted by Crippen LogP contribution is 2.23. The summed E-state index contributed by atoms with van der Waals surface area (Å²) in [4.78, 5) is 4.37. The van der Waals surface area contributed by atoms with Crippen LogP contribution >= 0.6 is 15.9 Å². The lowest BCUT2D eigenvalue weighted by molar-refractivity contribution is 0.281. The summed E-state index contributed by atoms with van der Waals surface area (Å²) in [6.07, 6.45) is 0.810. The lowest BCUT2D eigenvalue weighted by atomic mass is 10.2. The molecule has 0 amide bonds. The fourth-order valence-corrected chi connectivity index (χ4v) is 1.83. The highest BCUT2D eigenvalue weighted by Gasteiger charge is 2.04. The van der Waals surface area contributed by atoms with Gasteiger partial charge in [0.25, 0.3) is 0 Å². The van der Waals surface area contributed by atoms with Gasteiger partial charge in [-0.15, -0.1) is 0 Å². The van der Waals surface area contributed by atoms with Crippen molar-refractivity contribution in [3.8, 4) is 11.6 Å². The van der Waals surface area contributed by atoms with Gasteiger partial charge >= 0.3 is 0 Å². The molecular formula is C14H14BrNO2. The zero-order chi connectivity index (χ0) is 13.0. The number of hydrogen-bond acceptors (Lipinski definition) is 3. The van der Waals surface area contributed by atoms with Gasteiger partial charge in [-0.1, -0.05) is 22.9 Å². The van der Waals surface area contributed by atoms with Crippen LogP contribution in [0.5, 0.6) is 11.6 Å². The maximum atomic E-state index is 9.19. The Morgan fingerprint density at radius 2 is 1.94 bits per heavy atom. The lowest BCUT2D eigenvalue weighted by Gasteiger charge is -2.08. The molecule has 2 rings (SSSR count). The molecule has 0 aliphatic heterocycles. The zero-order valence-corrected chi connectivity index (χ0v) is 11.6. The van der Waals surface area contributed by atoms with Gasteiger partial charge in [0.05, 0.1) is 6.61 Å². The van der Waals surface area contributed by atoms with E-state index < -0.39 is 0 Å². The third-order valence-electron chi connectivity index (χ3n) is 2.50. The quantitative estimate of drug-likeness (QED) is 0.936. The van der Waals surface area contributed by atoms with Crippen LogP contribution < -0.4 is 4.74 Å². The Hall–Kier alpha value is -1.39. The number of aryl methyl sites for hydroxylation is 1. The number of aromatic nitrogens is 1. The summed E-state index contributed by atoms with van der Waals surface area (Å²) >= 11 is 3.37. The van der Waals surface area contributed by atoms with Crippen LogP contribution in [0.4, 0.5) is 0 Å². The molecule has 0 spiro atoms. The van der Waals surface area contributed by atoms with Gasteiger partial charge in [-0.3, -0.25) is 0 Å². The summed E-state index contributed by atoms with van der Waals surface area (Å²) in [6.45, 7) is 2.01. The molecule has 1 N–H and O–H groups in total. The van der Waals surface area contributed by atoms with Crippen molar-refractivity contribution in [3.05, 3.63) is 52.1 Å². The molecule has 18 heavy (non-hydrogen) atoms. The van der Waals surface area contributed by atoms with Crippen LogP contribution in [0.15, 0.2) is 40.9 Å². The molecule has 0 bridgehead atoms. The second-order valence-electron chi connectivity index (χ2n) is 3.87. The van der Waals surface area contributed by atoms with Gasteiger partial charge in [0.2, 0.25) is 5.88 Å². The minimum atomic E-state index is -0.00772. The Morgan fingerprint density at radius 3 is 2.56 bits per heavy atom. The van der Waals surface area contributed by atoms with Gasteiger partial charge in [0, 0.05) is 16.2 Å². The Labute approximate surface area is 115 Å². The number of rotatable bonds is 4. The molecule has 1 heterocycles. The van der Waals surface area contributed by atoms with Gasteiger partial charge in [-0.2, -0.15) is 0 Å². The molecule has 0 atom stereocenters. The monoisotopic (exact) mass is 307 g/mol. The Morgan fingerprint density at radius 1 is 1.22 bits per heavy atom. The third-order valence-corrected chi connectivity index (χ3v) is 3.02. The topological polar surface area (TPSA) is 42.4 Å². The molecule has 0 radical (unpaired) electrons. The first-order valence-corrected chi connectivity index (χ1v) is 6.54. The third kappa shape index (κ3) is 3.31. The van der Waals surface area contributed by atoms with Crippen LogP contribution in [0.25, 0.3) is 0 Å². The first-order chi connectivity index (χ1) is 8.71. The summed E-state index contributed by atoms with van der Waals surface area (Å²) in [6, 6.07) is 11.2. The van der Waals surface area contributed by atoms with E-state index in [1.165, 1.54) is 0 Å². The average Bonchev–Trinajstić information content (AvgIpc) is 2.41. The fraction of sp³-hybridized carbons (Fsp3) is 0.214. The Kier molecular flexibility index (Phi) is 4.33. The van der Waals surface area contributed by atoms with Crippen LogP contribution in [0, 0.1) is 0 Å². The summed E-state index contributed by atoms with van der Waals surface area (Å²) in [7, 11) is 0. The summed E-state index contributed by atoms with van der Waals surface area (Å²) in [5.74, 6) is 1.24. The molecule has 0 unspecified atom stereocenters. The number of benzene rings is 1. The van der Waals surface area contributed by atoms with Crippen LogP contribution in [-0.2, 0) is 13.0 Å². The van der Waals surface area contributed by atoms with Crippen molar-refractivity contribution in [2.24, 2.45) is 0 Å². The molecule has 0 saturated carbocycles. The van der Waals surface area contributed by atoms with Crippen LogP contribution in [0.1, 0.15) is 18.2 Å². The van der Waals surface area contributed by atoms with Gasteiger partial charge in [-0.05, 0) is 42.3 Å². The molecule has 4 heteroatoms. The van der Waals surface area contributed by atoms with E-state index in [2.05, 4.69) is 20.9 Å². The number of aliphatic hydroxyl groups is 1. The highest BCUT2D eigenvalue weighted by molar-refractivity contribution is 9.10. The largest absolute Gasteiger partial charge is 0.439 e. The average molecular weight is 308 g/mol. The SMILES string of the molecule is CCc1cc(CO)cc(Oc2ccc(Br)cc2)n1. The molecular weight excluding hydrogens is 294 g/mol. The Balaban J connectivity index is 2.25. The molecule has 0 saturated heterocycles. The number of halogens is 1. The second kappa shape index (κ2) is 5.98. The summed E-state index contributed by atoms with van der Waals surface area (Å²) in [5, 5.41) is 9.19. The molecule has 0 fully saturated rings. The smallest absolute Gasteiger partial charge is 0.219 e. The van der Waals surface area contributed by atoms with E-state index in [1.54, 1.807) is 6.07 Å². The van der Waals surface area contributed by atoms with E-state index in [1.807, 2.05) is 37.3 Å². The first kappa shape index (κ1) is 13.1. The van der Waals surface area contributed by atoms with Crippen molar-refractivity contribution in [1.82, 2.24) is 4.98 Å². The van der Waals surface area contributed by atoms with Gasteiger partial charge < -0.3 is 9.84 Å². The van der Waals surface area contributed by atoms with Crippen molar-refractivity contribution in [2.75, 3.05) is 0 Å². The Bertz CT molecular complexity index is 504. The van der Waals surface area contributed by atoms with Gasteiger partial charge in [0.1, 0.15) is 5.75 Å². The summed E-state index contributed by atoms with van der Waals surface area (Å²) < 4.78 is 6.68. The number of pyridine rings is 1. The van der Waals surface area contributed by atoms with E-state index in [0.29, 0.717) is 5.88 Å². The fourth-order valence-electron chi connectivity index (χ4n) is 1.57. The molecule has 2 aromatic rings. The first-order valence-electron chi connectivity index (χ1n) is 5.75. The minimum Gasteiger partial charge on any atom is -0.439 e. The summed E-state index contributed by atoms with van der Waals surface area (Å²) in [5.41, 5.74) is 1.72. The standard InChI is InChI=1S/C14H14BrNO2/c1-2-12-7-10(9-17)8-14(16-12)18-13-5-3-11(15)4-6-13/h3-8,17H,2,9H2,1H3. The maximum absolute atomic E-state index is 9.19. The maximum Gasteiger partial charge on any atom is 0.219 e. The number of ether oxygens (including phenoxy) is 1. The minimum absolute atomic E-state index is 0.00772. The van der Waals surface area contributed by atoms with Crippen molar-refractivity contribution in [1.29, 1.82) is 0 Å². The van der Waals surface area contributed by atoms with Crippen LogP contribution in [0.3, 0.4) is 0 Å². The van der Waals surface area contributed by atoms with E-state index in [9.17, 15) is 5.11 Å². The van der Waals surface area contributed by atoms with Gasteiger partial charge in [0.15, 0.2) is 0 Å².